The van der Waals surface area contributed by atoms with Crippen molar-refractivity contribution in [1.82, 2.24) is 14.5 Å². The van der Waals surface area contributed by atoms with E-state index in [9.17, 15) is 28.8 Å². The van der Waals surface area contributed by atoms with Gasteiger partial charge in [-0.1, -0.05) is 12.2 Å². The van der Waals surface area contributed by atoms with Crippen molar-refractivity contribution >= 4 is 46.8 Å². The maximum absolute atomic E-state index is 11.8. The van der Waals surface area contributed by atoms with Gasteiger partial charge in [0.1, 0.15) is 18.3 Å². The van der Waals surface area contributed by atoms with Crippen LogP contribution < -0.4 is 4.57 Å². The van der Waals surface area contributed by atoms with E-state index in [1.165, 1.54) is 17.2 Å². The van der Waals surface area contributed by atoms with Gasteiger partial charge in [-0.05, 0) is 0 Å². The molecule has 21 heteroatoms. The van der Waals surface area contributed by atoms with E-state index < -0.39 is 54.6 Å². The number of aromatic amines is 1. The molecule has 3 heterocycles. The van der Waals surface area contributed by atoms with Crippen LogP contribution in [0.4, 0.5) is 0 Å². The third-order valence-corrected chi connectivity index (χ3v) is 8.25. The molecule has 1 aliphatic rings. The van der Waals surface area contributed by atoms with Crippen LogP contribution in [0.3, 0.4) is 0 Å². The Labute approximate surface area is 183 Å². The zero-order chi connectivity index (χ0) is 24.1. The van der Waals surface area contributed by atoms with Crippen LogP contribution in [0.1, 0.15) is 6.23 Å². The van der Waals surface area contributed by atoms with E-state index in [1.54, 1.807) is 11.6 Å². The monoisotopic (exact) mass is 539 g/mol. The minimum Gasteiger partial charge on any atom is -0.387 e. The van der Waals surface area contributed by atoms with Crippen LogP contribution in [0.25, 0.3) is 11.2 Å². The Bertz CT molecular complexity index is 1210. The lowest BCUT2D eigenvalue weighted by molar-refractivity contribution is -0.745. The predicted molar refractivity (Wildman–Crippen MR) is 102 cm³/mol. The standard InChI is InChI=1S/C11H17N4O13P3S/c1-14-4-15(9-6(14)10(32)13-3-12-9)11-8(17)7(16)5(26-11)2-25-30(21,22)28-31(23,24)27-29(18,19)20/h3-5,7-8,11,16-17H,2H2,1H3,(H4-,12,13,18,19,20,21,22,23,24,32)/p+1. The molecule has 0 bridgehead atoms. The first-order valence-corrected chi connectivity index (χ1v) is 13.3. The molecule has 7 N–H and O–H groups in total. The van der Waals surface area contributed by atoms with E-state index >= 15 is 0 Å². The number of ether oxygens (including phenoxy) is 1. The number of nitrogens with one attached hydrogen (secondary N) is 1. The molecule has 0 aliphatic carbocycles. The van der Waals surface area contributed by atoms with Crippen LogP contribution in [-0.2, 0) is 38.6 Å². The zero-order valence-electron chi connectivity index (χ0n) is 15.8. The molecule has 0 radical (unpaired) electrons. The predicted octanol–water partition coefficient (Wildman–Crippen LogP) is -1.12. The van der Waals surface area contributed by atoms with Gasteiger partial charge in [-0.15, -0.1) is 0 Å². The normalized spacial score (nSPS) is 28.0. The maximum atomic E-state index is 11.8. The van der Waals surface area contributed by atoms with Crippen molar-refractivity contribution in [2.24, 2.45) is 7.05 Å². The van der Waals surface area contributed by atoms with Crippen LogP contribution in [0.2, 0.25) is 0 Å². The highest BCUT2D eigenvalue weighted by molar-refractivity contribution is 7.71. The molecule has 0 spiro atoms. The summed E-state index contributed by atoms with van der Waals surface area (Å²) in [4.78, 5) is 42.5. The topological polar surface area (TPSA) is 247 Å². The van der Waals surface area contributed by atoms with Crippen molar-refractivity contribution in [3.05, 3.63) is 17.3 Å². The summed E-state index contributed by atoms with van der Waals surface area (Å²) in [5, 5.41) is 20.6. The summed E-state index contributed by atoms with van der Waals surface area (Å²) in [5.74, 6) is 0. The smallest absolute Gasteiger partial charge is 0.387 e. The largest absolute Gasteiger partial charge is 0.490 e. The minimum absolute atomic E-state index is 0.247. The highest BCUT2D eigenvalue weighted by Crippen LogP contribution is 2.66. The fraction of sp³-hybridized carbons (Fsp3) is 0.545. The number of phosphoric ester groups is 1. The second-order valence-corrected chi connectivity index (χ2v) is 11.3. The van der Waals surface area contributed by atoms with Crippen molar-refractivity contribution < 1.29 is 65.9 Å². The zero-order valence-corrected chi connectivity index (χ0v) is 19.3. The van der Waals surface area contributed by atoms with Crippen molar-refractivity contribution in [1.29, 1.82) is 0 Å². The number of aliphatic hydroxyl groups is 2. The Hall–Kier alpha value is -0.940. The van der Waals surface area contributed by atoms with Gasteiger partial charge >= 0.3 is 23.5 Å². The summed E-state index contributed by atoms with van der Waals surface area (Å²) in [7, 11) is -15.0. The number of aromatic nitrogens is 4. The molecule has 17 nitrogen and oxygen atoms in total. The molecule has 32 heavy (non-hydrogen) atoms. The number of fused-ring (bicyclic) bond motifs is 1. The van der Waals surface area contributed by atoms with Crippen molar-refractivity contribution in [3.63, 3.8) is 0 Å². The molecule has 6 atom stereocenters. The highest BCUT2D eigenvalue weighted by Gasteiger charge is 2.48. The van der Waals surface area contributed by atoms with Crippen LogP contribution in [0.5, 0.6) is 0 Å². The second-order valence-electron chi connectivity index (χ2n) is 6.47. The van der Waals surface area contributed by atoms with E-state index in [4.69, 9.17) is 31.6 Å². The molecule has 2 aromatic heterocycles. The van der Waals surface area contributed by atoms with Gasteiger partial charge in [0, 0.05) is 0 Å². The van der Waals surface area contributed by atoms with E-state index in [2.05, 4.69) is 23.1 Å². The van der Waals surface area contributed by atoms with Gasteiger partial charge in [0.25, 0.3) is 5.65 Å². The molecule has 2 aromatic rings. The van der Waals surface area contributed by atoms with E-state index in [0.717, 1.165) is 0 Å². The van der Waals surface area contributed by atoms with Crippen molar-refractivity contribution in [2.45, 2.75) is 24.5 Å². The third-order valence-electron chi connectivity index (χ3n) is 4.15. The Morgan fingerprint density at radius 2 is 1.84 bits per heavy atom. The molecule has 0 amide bonds. The van der Waals surface area contributed by atoms with Gasteiger partial charge in [-0.2, -0.15) is 8.62 Å². The molecule has 180 valence electrons. The molecular formula is C11H18N4O13P3S+. The molecule has 1 saturated heterocycles. The Morgan fingerprint density at radius 1 is 1.19 bits per heavy atom. The Morgan fingerprint density at radius 3 is 2.47 bits per heavy atom. The van der Waals surface area contributed by atoms with Crippen molar-refractivity contribution in [3.8, 4) is 0 Å². The number of aliphatic hydroxyl groups excluding tert-OH is 2. The van der Waals surface area contributed by atoms with Gasteiger partial charge in [-0.25, -0.2) is 23.2 Å². The Balaban J connectivity index is 1.73. The molecular weight excluding hydrogens is 521 g/mol. The van der Waals surface area contributed by atoms with Crippen LogP contribution in [0.15, 0.2) is 12.7 Å². The molecule has 6 unspecified atom stereocenters. The fourth-order valence-corrected chi connectivity index (χ4v) is 6.28. The molecule has 1 fully saturated rings. The van der Waals surface area contributed by atoms with Crippen LogP contribution in [-0.4, -0.2) is 69.2 Å². The number of hydrogen-bond acceptors (Lipinski definition) is 11. The van der Waals surface area contributed by atoms with Crippen LogP contribution in [0, 0.1) is 4.64 Å². The van der Waals surface area contributed by atoms with E-state index in [1.807, 2.05) is 0 Å². The second kappa shape index (κ2) is 9.02. The summed E-state index contributed by atoms with van der Waals surface area (Å²) in [6, 6.07) is 0. The quantitative estimate of drug-likeness (QED) is 0.119. The average Bonchev–Trinajstić information content (AvgIpc) is 3.09. The highest BCUT2D eigenvalue weighted by atomic mass is 32.1. The first-order chi connectivity index (χ1) is 14.6. The van der Waals surface area contributed by atoms with E-state index in [0.29, 0.717) is 11.2 Å². The molecule has 0 aromatic carbocycles. The van der Waals surface area contributed by atoms with Gasteiger partial charge in [0.05, 0.1) is 13.7 Å². The van der Waals surface area contributed by atoms with Gasteiger partial charge in [0.15, 0.2) is 17.3 Å². The third kappa shape index (κ3) is 5.75. The summed E-state index contributed by atoms with van der Waals surface area (Å²) < 4.78 is 54.2. The summed E-state index contributed by atoms with van der Waals surface area (Å²) in [6.45, 7) is -0.929. The number of imidazole rings is 1. The molecule has 3 rings (SSSR count). The molecule has 0 saturated carbocycles. The van der Waals surface area contributed by atoms with Gasteiger partial charge < -0.3 is 34.5 Å². The fourth-order valence-electron chi connectivity index (χ4n) is 2.96. The number of nitrogens with zero attached hydrogens (tertiary/aromatic N) is 3. The number of H-pyrrole nitrogens is 1. The van der Waals surface area contributed by atoms with Gasteiger partial charge in [0.2, 0.25) is 11.7 Å². The first kappa shape index (κ1) is 25.7. The number of hydrogen-bond donors (Lipinski definition) is 7. The summed E-state index contributed by atoms with van der Waals surface area (Å²) in [6.07, 6.45) is -3.02. The number of aryl methyl sites for hydroxylation is 1. The number of phosphoric acid groups is 3. The average molecular weight is 539 g/mol. The van der Waals surface area contributed by atoms with E-state index in [-0.39, 0.29) is 4.64 Å². The summed E-state index contributed by atoms with van der Waals surface area (Å²) >= 11 is 5.15. The maximum Gasteiger partial charge on any atom is 0.490 e. The molecule has 1 aliphatic heterocycles. The minimum atomic E-state index is -5.69. The lowest BCUT2D eigenvalue weighted by Gasteiger charge is -2.18. The lowest BCUT2D eigenvalue weighted by atomic mass is 10.1. The van der Waals surface area contributed by atoms with Crippen LogP contribution >= 0.6 is 35.7 Å². The first-order valence-electron chi connectivity index (χ1n) is 8.34. The van der Waals surface area contributed by atoms with Gasteiger partial charge in [-0.3, -0.25) is 14.1 Å². The van der Waals surface area contributed by atoms with Crippen molar-refractivity contribution in [2.75, 3.05) is 6.61 Å². The summed E-state index contributed by atoms with van der Waals surface area (Å²) in [5.41, 5.74) is 0.877. The lowest BCUT2D eigenvalue weighted by Crippen LogP contribution is -2.45. The SMILES string of the molecule is Cn1c[n+](C2OC(COP(=O)(O)OP(=O)(O)OP(=O)(O)O)C(O)C2O)c2[nH]cnc(=S)c21. The Kier molecular flexibility index (Phi) is 7.24. The number of rotatable bonds is 8.